The molecule has 0 aliphatic heterocycles. The van der Waals surface area contributed by atoms with Crippen LogP contribution in [0.5, 0.6) is 0 Å². The van der Waals surface area contributed by atoms with E-state index in [4.69, 9.17) is 16.0 Å². The number of hydrogen-bond acceptors (Lipinski definition) is 6. The highest BCUT2D eigenvalue weighted by Gasteiger charge is 2.51. The zero-order chi connectivity index (χ0) is 26.3. The van der Waals surface area contributed by atoms with E-state index in [1.807, 2.05) is 13.8 Å². The summed E-state index contributed by atoms with van der Waals surface area (Å²) in [5.74, 6) is -2.24. The number of halogens is 3. The van der Waals surface area contributed by atoms with E-state index in [1.54, 1.807) is 31.2 Å². The third-order valence-corrected chi connectivity index (χ3v) is 5.85. The van der Waals surface area contributed by atoms with Gasteiger partial charge >= 0.3 is 6.18 Å². The lowest BCUT2D eigenvalue weighted by atomic mass is 9.89. The Morgan fingerprint density at radius 2 is 1.71 bits per heavy atom. The second-order valence-corrected chi connectivity index (χ2v) is 9.04. The summed E-state index contributed by atoms with van der Waals surface area (Å²) in [4.78, 5) is 24.7. The van der Waals surface area contributed by atoms with Crippen molar-refractivity contribution in [1.29, 1.82) is 0 Å². The average molecular weight is 493 g/mol. The third-order valence-electron chi connectivity index (χ3n) is 5.85. The van der Waals surface area contributed by atoms with Gasteiger partial charge in [-0.1, -0.05) is 29.4 Å². The maximum absolute atomic E-state index is 13.2. The van der Waals surface area contributed by atoms with Gasteiger partial charge in [0.15, 0.2) is 11.6 Å². The molecule has 35 heavy (non-hydrogen) atoms. The van der Waals surface area contributed by atoms with Crippen LogP contribution >= 0.6 is 0 Å². The van der Waals surface area contributed by atoms with Crippen LogP contribution in [-0.2, 0) is 10.2 Å². The van der Waals surface area contributed by atoms with E-state index in [-0.39, 0.29) is 23.2 Å². The summed E-state index contributed by atoms with van der Waals surface area (Å²) >= 11 is 0. The fourth-order valence-corrected chi connectivity index (χ4v) is 3.37. The first-order valence-corrected chi connectivity index (χ1v) is 10.8. The highest BCUT2D eigenvalue weighted by molar-refractivity contribution is 6.03. The predicted molar refractivity (Wildman–Crippen MR) is 124 cm³/mol. The monoisotopic (exact) mass is 492 g/mol. The first kappa shape index (κ1) is 25.8. The number of rotatable bonds is 7. The van der Waals surface area contributed by atoms with Crippen LogP contribution in [0.25, 0.3) is 11.3 Å². The normalized spacial score (nSPS) is 13.2. The highest BCUT2D eigenvalue weighted by atomic mass is 19.4. The van der Waals surface area contributed by atoms with E-state index >= 15 is 0 Å². The number of carbonyl (C=O) groups is 2. The molecule has 1 aromatic carbocycles. The molecule has 0 spiro atoms. The number of primary amides is 1. The Morgan fingerprint density at radius 3 is 2.23 bits per heavy atom. The Labute approximate surface area is 199 Å². The second-order valence-electron chi connectivity index (χ2n) is 9.04. The van der Waals surface area contributed by atoms with Gasteiger partial charge in [-0.05, 0) is 40.2 Å². The van der Waals surface area contributed by atoms with E-state index < -0.39 is 35.1 Å². The Bertz CT molecular complexity index is 1240. The quantitative estimate of drug-likeness (QED) is 0.447. The summed E-state index contributed by atoms with van der Waals surface area (Å²) in [6.07, 6.45) is -4.55. The number of amides is 2. The maximum atomic E-state index is 13.2. The zero-order valence-corrected chi connectivity index (χ0v) is 19.9. The van der Waals surface area contributed by atoms with Gasteiger partial charge in [-0.25, -0.2) is 4.68 Å². The molecule has 2 aromatic heterocycles. The zero-order valence-electron chi connectivity index (χ0n) is 19.9. The Hall–Kier alpha value is -3.83. The molecule has 3 rings (SSSR count). The van der Waals surface area contributed by atoms with Gasteiger partial charge in [0.05, 0.1) is 5.92 Å². The minimum atomic E-state index is -4.55. The summed E-state index contributed by atoms with van der Waals surface area (Å²) in [6, 6.07) is 7.67. The molecule has 1 atom stereocenters. The lowest BCUT2D eigenvalue weighted by Gasteiger charge is -2.24. The van der Waals surface area contributed by atoms with Crippen molar-refractivity contribution in [3.05, 3.63) is 47.2 Å². The van der Waals surface area contributed by atoms with E-state index in [1.165, 1.54) is 4.68 Å². The third kappa shape index (κ3) is 4.86. The Morgan fingerprint density at radius 1 is 1.11 bits per heavy atom. The molecule has 5 N–H and O–H groups in total. The molecule has 0 aliphatic carbocycles. The number of hydrogen-bond donors (Lipinski definition) is 3. The number of anilines is 2. The number of nitrogens with two attached hydrogens (primary N) is 2. The van der Waals surface area contributed by atoms with Crippen LogP contribution in [-0.4, -0.2) is 32.9 Å². The molecular formula is C23H27F3N6O3. The van der Waals surface area contributed by atoms with Crippen molar-refractivity contribution in [1.82, 2.24) is 14.9 Å². The van der Waals surface area contributed by atoms with Crippen molar-refractivity contribution in [2.45, 2.75) is 58.2 Å². The molecule has 1 unspecified atom stereocenters. The van der Waals surface area contributed by atoms with Crippen molar-refractivity contribution in [3.63, 3.8) is 0 Å². The molecular weight excluding hydrogens is 465 g/mol. The van der Waals surface area contributed by atoms with Gasteiger partial charge in [0.25, 0.3) is 5.91 Å². The number of carbonyl (C=O) groups excluding carboxylic acids is 2. The molecule has 0 radical (unpaired) electrons. The first-order chi connectivity index (χ1) is 16.1. The Balaban J connectivity index is 1.79. The lowest BCUT2D eigenvalue weighted by Crippen LogP contribution is -2.35. The van der Waals surface area contributed by atoms with Crippen LogP contribution in [0.1, 0.15) is 68.3 Å². The van der Waals surface area contributed by atoms with E-state index in [0.717, 1.165) is 19.9 Å². The molecule has 0 saturated carbocycles. The lowest BCUT2D eigenvalue weighted by molar-refractivity contribution is -0.185. The molecule has 188 valence electrons. The first-order valence-electron chi connectivity index (χ1n) is 10.8. The van der Waals surface area contributed by atoms with Crippen molar-refractivity contribution in [2.24, 2.45) is 5.73 Å². The number of aromatic nitrogens is 3. The van der Waals surface area contributed by atoms with Crippen molar-refractivity contribution in [2.75, 3.05) is 11.1 Å². The predicted octanol–water partition coefficient (Wildman–Crippen LogP) is 4.38. The fraction of sp³-hybridized carbons (Fsp3) is 0.391. The highest BCUT2D eigenvalue weighted by Crippen LogP contribution is 2.41. The molecule has 0 aliphatic rings. The molecule has 3 aromatic rings. The number of alkyl halides is 3. The molecule has 0 bridgehead atoms. The van der Waals surface area contributed by atoms with Crippen LogP contribution in [0.4, 0.5) is 24.8 Å². The average Bonchev–Trinajstić information content (AvgIpc) is 3.37. The summed E-state index contributed by atoms with van der Waals surface area (Å²) in [5, 5.41) is 10.4. The standard InChI is InChI=1S/C23H27F3N6O3/c1-11(2)32-19(27)17(20(28)33)18(30-32)14-8-6-13(7-9-14)12(3)21(34)29-16-10-15(35-31-16)22(4,5)23(24,25)26/h6-12H,27H2,1-5H3,(H2,28,33)(H,29,31,34). The Kier molecular flexibility index (Phi) is 6.69. The summed E-state index contributed by atoms with van der Waals surface area (Å²) in [7, 11) is 0. The minimum Gasteiger partial charge on any atom is -0.383 e. The number of nitrogen functional groups attached to an aromatic ring is 1. The largest absolute Gasteiger partial charge is 0.401 e. The summed E-state index contributed by atoms with van der Waals surface area (Å²) in [6.45, 7) is 7.29. The van der Waals surface area contributed by atoms with E-state index in [0.29, 0.717) is 16.8 Å². The van der Waals surface area contributed by atoms with Crippen LogP contribution in [0.2, 0.25) is 0 Å². The van der Waals surface area contributed by atoms with Crippen LogP contribution < -0.4 is 16.8 Å². The maximum Gasteiger partial charge on any atom is 0.401 e. The van der Waals surface area contributed by atoms with E-state index in [9.17, 15) is 22.8 Å². The number of nitrogens with one attached hydrogen (secondary N) is 1. The van der Waals surface area contributed by atoms with Gasteiger partial charge in [0, 0.05) is 17.7 Å². The fourth-order valence-electron chi connectivity index (χ4n) is 3.37. The van der Waals surface area contributed by atoms with Crippen molar-refractivity contribution < 1.29 is 27.3 Å². The van der Waals surface area contributed by atoms with Gasteiger partial charge in [-0.15, -0.1) is 0 Å². The molecule has 2 amide bonds. The van der Waals surface area contributed by atoms with Crippen LogP contribution in [0, 0.1) is 0 Å². The molecule has 12 heteroatoms. The van der Waals surface area contributed by atoms with E-state index in [2.05, 4.69) is 15.6 Å². The second kappa shape index (κ2) is 9.08. The van der Waals surface area contributed by atoms with Gasteiger partial charge in [-0.2, -0.15) is 18.3 Å². The molecule has 9 nitrogen and oxygen atoms in total. The minimum absolute atomic E-state index is 0.0939. The SMILES string of the molecule is CC(C(=O)Nc1cc(C(C)(C)C(F)(F)F)on1)c1ccc(-c2nn(C(C)C)c(N)c2C(N)=O)cc1. The smallest absolute Gasteiger partial charge is 0.383 e. The van der Waals surface area contributed by atoms with Gasteiger partial charge < -0.3 is 21.3 Å². The van der Waals surface area contributed by atoms with Gasteiger partial charge in [0.2, 0.25) is 5.91 Å². The molecule has 0 fully saturated rings. The summed E-state index contributed by atoms with van der Waals surface area (Å²) < 4.78 is 46.0. The topological polar surface area (TPSA) is 142 Å². The van der Waals surface area contributed by atoms with Gasteiger partial charge in [0.1, 0.15) is 22.5 Å². The van der Waals surface area contributed by atoms with Crippen molar-refractivity contribution in [3.8, 4) is 11.3 Å². The molecule has 0 saturated heterocycles. The van der Waals surface area contributed by atoms with Gasteiger partial charge in [-0.3, -0.25) is 9.59 Å². The van der Waals surface area contributed by atoms with Crippen molar-refractivity contribution >= 4 is 23.5 Å². The van der Waals surface area contributed by atoms with Crippen LogP contribution in [0.15, 0.2) is 34.9 Å². The number of benzene rings is 1. The van der Waals surface area contributed by atoms with Crippen LogP contribution in [0.3, 0.4) is 0 Å². The molecule has 2 heterocycles. The summed E-state index contributed by atoms with van der Waals surface area (Å²) in [5.41, 5.74) is 10.9. The number of nitrogens with zero attached hydrogens (tertiary/aromatic N) is 3.